The SMILES string of the molecule is COc1ccc(C=CC(=O)Nc2ccccc2COc2ccc(F)cc2)cc1OC(C)=O. The summed E-state index contributed by atoms with van der Waals surface area (Å²) in [7, 11) is 1.47. The van der Waals surface area contributed by atoms with E-state index in [0.29, 0.717) is 22.7 Å². The number of hydrogen-bond acceptors (Lipinski definition) is 5. The minimum Gasteiger partial charge on any atom is -0.493 e. The molecule has 0 saturated heterocycles. The van der Waals surface area contributed by atoms with Gasteiger partial charge in [0.05, 0.1) is 7.11 Å². The normalized spacial score (nSPS) is 10.6. The van der Waals surface area contributed by atoms with Gasteiger partial charge in [-0.2, -0.15) is 0 Å². The summed E-state index contributed by atoms with van der Waals surface area (Å²) in [5.41, 5.74) is 2.02. The number of hydrogen-bond donors (Lipinski definition) is 1. The molecule has 0 bridgehead atoms. The van der Waals surface area contributed by atoms with Crippen molar-refractivity contribution in [2.24, 2.45) is 0 Å². The molecule has 0 atom stereocenters. The lowest BCUT2D eigenvalue weighted by atomic mass is 10.1. The molecule has 1 amide bonds. The molecule has 3 aromatic carbocycles. The summed E-state index contributed by atoms with van der Waals surface area (Å²) in [4.78, 5) is 23.7. The standard InChI is InChI=1S/C25H22FNO5/c1-17(28)32-24-15-18(7-13-23(24)30-2)8-14-25(29)27-22-6-4-3-5-19(22)16-31-21-11-9-20(26)10-12-21/h3-15H,16H2,1-2H3,(H,27,29). The van der Waals surface area contributed by atoms with Crippen molar-refractivity contribution in [3.63, 3.8) is 0 Å². The summed E-state index contributed by atoms with van der Waals surface area (Å²) in [5, 5.41) is 2.82. The van der Waals surface area contributed by atoms with Crippen LogP contribution in [0.1, 0.15) is 18.1 Å². The second kappa shape index (κ2) is 10.8. The number of carbonyl (C=O) groups excluding carboxylic acids is 2. The molecule has 32 heavy (non-hydrogen) atoms. The molecule has 0 fully saturated rings. The molecular weight excluding hydrogens is 413 g/mol. The molecule has 0 aromatic heterocycles. The monoisotopic (exact) mass is 435 g/mol. The van der Waals surface area contributed by atoms with Crippen LogP contribution in [-0.4, -0.2) is 19.0 Å². The first-order valence-electron chi connectivity index (χ1n) is 9.76. The fourth-order valence-electron chi connectivity index (χ4n) is 2.84. The molecule has 164 valence electrons. The minimum atomic E-state index is -0.471. The summed E-state index contributed by atoms with van der Waals surface area (Å²) in [6.07, 6.45) is 2.97. The third kappa shape index (κ3) is 6.43. The topological polar surface area (TPSA) is 73.9 Å². The molecule has 0 aliphatic heterocycles. The number of methoxy groups -OCH3 is 1. The van der Waals surface area contributed by atoms with E-state index in [1.54, 1.807) is 36.4 Å². The van der Waals surface area contributed by atoms with E-state index in [1.807, 2.05) is 12.1 Å². The van der Waals surface area contributed by atoms with Crippen molar-refractivity contribution < 1.29 is 28.2 Å². The highest BCUT2D eigenvalue weighted by molar-refractivity contribution is 6.02. The van der Waals surface area contributed by atoms with Crippen molar-refractivity contribution in [3.05, 3.63) is 89.8 Å². The number of rotatable bonds is 8. The summed E-state index contributed by atoms with van der Waals surface area (Å²) in [6, 6.07) is 17.9. The van der Waals surface area contributed by atoms with Crippen LogP contribution < -0.4 is 19.5 Å². The first-order valence-corrected chi connectivity index (χ1v) is 9.76. The van der Waals surface area contributed by atoms with Crippen LogP contribution in [0.4, 0.5) is 10.1 Å². The van der Waals surface area contributed by atoms with Crippen molar-refractivity contribution >= 4 is 23.6 Å². The highest BCUT2D eigenvalue weighted by atomic mass is 19.1. The zero-order valence-electron chi connectivity index (χ0n) is 17.6. The number of benzene rings is 3. The van der Waals surface area contributed by atoms with Gasteiger partial charge in [0.15, 0.2) is 11.5 Å². The summed E-state index contributed by atoms with van der Waals surface area (Å²) in [5.74, 6) is 0.0533. The maximum atomic E-state index is 13.0. The Morgan fingerprint density at radius 1 is 1.00 bits per heavy atom. The number of amides is 1. The molecule has 0 aliphatic carbocycles. The molecule has 6 nitrogen and oxygen atoms in total. The number of halogens is 1. The van der Waals surface area contributed by atoms with Crippen molar-refractivity contribution in [2.45, 2.75) is 13.5 Å². The van der Waals surface area contributed by atoms with E-state index in [-0.39, 0.29) is 24.1 Å². The van der Waals surface area contributed by atoms with E-state index in [4.69, 9.17) is 14.2 Å². The number of nitrogens with one attached hydrogen (secondary N) is 1. The van der Waals surface area contributed by atoms with Gasteiger partial charge in [-0.1, -0.05) is 24.3 Å². The molecule has 0 spiro atoms. The second-order valence-corrected chi connectivity index (χ2v) is 6.73. The highest BCUT2D eigenvalue weighted by Gasteiger charge is 2.08. The van der Waals surface area contributed by atoms with Gasteiger partial charge in [-0.15, -0.1) is 0 Å². The quantitative estimate of drug-likeness (QED) is 0.307. The maximum Gasteiger partial charge on any atom is 0.308 e. The van der Waals surface area contributed by atoms with E-state index >= 15 is 0 Å². The molecular formula is C25H22FNO5. The Labute approximate surface area is 185 Å². The van der Waals surface area contributed by atoms with E-state index in [9.17, 15) is 14.0 Å². The smallest absolute Gasteiger partial charge is 0.308 e. The Balaban J connectivity index is 1.66. The molecule has 0 saturated carbocycles. The van der Waals surface area contributed by atoms with Crippen molar-refractivity contribution in [1.29, 1.82) is 0 Å². The van der Waals surface area contributed by atoms with Crippen LogP contribution in [-0.2, 0) is 16.2 Å². The lowest BCUT2D eigenvalue weighted by Crippen LogP contribution is -2.10. The van der Waals surface area contributed by atoms with Crippen molar-refractivity contribution in [2.75, 3.05) is 12.4 Å². The van der Waals surface area contributed by atoms with Gasteiger partial charge in [0, 0.05) is 24.3 Å². The zero-order chi connectivity index (χ0) is 22.9. The molecule has 0 aliphatic rings. The average Bonchev–Trinajstić information content (AvgIpc) is 2.78. The predicted molar refractivity (Wildman–Crippen MR) is 119 cm³/mol. The summed E-state index contributed by atoms with van der Waals surface area (Å²) >= 11 is 0. The molecule has 0 unspecified atom stereocenters. The van der Waals surface area contributed by atoms with Crippen LogP contribution in [0, 0.1) is 5.82 Å². The van der Waals surface area contributed by atoms with Crippen molar-refractivity contribution in [1.82, 2.24) is 0 Å². The van der Waals surface area contributed by atoms with E-state index in [2.05, 4.69) is 5.32 Å². The number of para-hydroxylation sites is 1. The largest absolute Gasteiger partial charge is 0.493 e. The van der Waals surface area contributed by atoms with Gasteiger partial charge in [-0.25, -0.2) is 4.39 Å². The molecule has 3 aromatic rings. The molecule has 0 heterocycles. The van der Waals surface area contributed by atoms with Gasteiger partial charge in [0.2, 0.25) is 5.91 Å². The third-order valence-electron chi connectivity index (χ3n) is 4.35. The number of ether oxygens (including phenoxy) is 3. The van der Waals surface area contributed by atoms with E-state index in [0.717, 1.165) is 5.56 Å². The number of anilines is 1. The van der Waals surface area contributed by atoms with E-state index < -0.39 is 5.97 Å². The fraction of sp³-hybridized carbons (Fsp3) is 0.120. The maximum absolute atomic E-state index is 13.0. The fourth-order valence-corrected chi connectivity index (χ4v) is 2.84. The number of carbonyl (C=O) groups is 2. The van der Waals surface area contributed by atoms with Crippen LogP contribution >= 0.6 is 0 Å². The summed E-state index contributed by atoms with van der Waals surface area (Å²) in [6.45, 7) is 1.50. The molecule has 7 heteroatoms. The Bertz CT molecular complexity index is 1130. The van der Waals surface area contributed by atoms with Crippen LogP contribution in [0.25, 0.3) is 6.08 Å². The van der Waals surface area contributed by atoms with Gasteiger partial charge in [-0.05, 0) is 54.1 Å². The van der Waals surface area contributed by atoms with Crippen molar-refractivity contribution in [3.8, 4) is 17.2 Å². The van der Waals surface area contributed by atoms with Gasteiger partial charge in [0.1, 0.15) is 18.2 Å². The van der Waals surface area contributed by atoms with Gasteiger partial charge < -0.3 is 19.5 Å². The first-order chi connectivity index (χ1) is 15.4. The Morgan fingerprint density at radius 3 is 2.47 bits per heavy atom. The second-order valence-electron chi connectivity index (χ2n) is 6.73. The van der Waals surface area contributed by atoms with Gasteiger partial charge in [0.25, 0.3) is 0 Å². The van der Waals surface area contributed by atoms with Gasteiger partial charge in [-0.3, -0.25) is 9.59 Å². The molecule has 1 N–H and O–H groups in total. The molecule has 3 rings (SSSR count). The van der Waals surface area contributed by atoms with E-state index in [1.165, 1.54) is 44.4 Å². The van der Waals surface area contributed by atoms with Crippen LogP contribution in [0.2, 0.25) is 0 Å². The Kier molecular flexibility index (Phi) is 7.59. The number of esters is 1. The Hall–Kier alpha value is -4.13. The lowest BCUT2D eigenvalue weighted by molar-refractivity contribution is -0.132. The third-order valence-corrected chi connectivity index (χ3v) is 4.35. The minimum absolute atomic E-state index is 0.204. The Morgan fingerprint density at radius 2 is 1.75 bits per heavy atom. The van der Waals surface area contributed by atoms with Crippen LogP contribution in [0.3, 0.4) is 0 Å². The average molecular weight is 435 g/mol. The zero-order valence-corrected chi connectivity index (χ0v) is 17.6. The predicted octanol–water partition coefficient (Wildman–Crippen LogP) is 4.99. The van der Waals surface area contributed by atoms with Gasteiger partial charge >= 0.3 is 5.97 Å². The van der Waals surface area contributed by atoms with Crippen LogP contribution in [0.5, 0.6) is 17.2 Å². The highest BCUT2D eigenvalue weighted by Crippen LogP contribution is 2.28. The lowest BCUT2D eigenvalue weighted by Gasteiger charge is -2.11. The van der Waals surface area contributed by atoms with Crippen LogP contribution in [0.15, 0.2) is 72.8 Å². The first kappa shape index (κ1) is 22.6. The summed E-state index contributed by atoms with van der Waals surface area (Å²) < 4.78 is 29.0. The molecule has 0 radical (unpaired) electrons.